The second kappa shape index (κ2) is 8.21. The van der Waals surface area contributed by atoms with E-state index < -0.39 is 10.0 Å². The van der Waals surface area contributed by atoms with E-state index in [9.17, 15) is 17.6 Å². The van der Waals surface area contributed by atoms with Crippen LogP contribution in [0.2, 0.25) is 5.02 Å². The highest BCUT2D eigenvalue weighted by atomic mass is 35.5. The fraction of sp³-hybridized carbons (Fsp3) is 0.588. The van der Waals surface area contributed by atoms with Crippen LogP contribution in [0, 0.1) is 5.82 Å². The van der Waals surface area contributed by atoms with Crippen LogP contribution in [0.1, 0.15) is 18.4 Å². The minimum atomic E-state index is -3.16. The predicted molar refractivity (Wildman–Crippen MR) is 97.9 cm³/mol. The fourth-order valence-electron chi connectivity index (χ4n) is 3.38. The Labute approximate surface area is 158 Å². The lowest BCUT2D eigenvalue weighted by Gasteiger charge is -2.35. The maximum Gasteiger partial charge on any atom is 0.223 e. The minimum Gasteiger partial charge on any atom is -0.340 e. The Balaban J connectivity index is 1.47. The van der Waals surface area contributed by atoms with Crippen molar-refractivity contribution >= 4 is 27.5 Å². The molecule has 0 spiro atoms. The molecule has 1 aromatic rings. The van der Waals surface area contributed by atoms with E-state index in [1.165, 1.54) is 10.4 Å². The van der Waals surface area contributed by atoms with Crippen LogP contribution in [-0.4, -0.2) is 73.5 Å². The molecule has 2 aliphatic heterocycles. The Morgan fingerprint density at radius 3 is 2.50 bits per heavy atom. The molecule has 2 fully saturated rings. The topological polar surface area (TPSA) is 60.9 Å². The number of sulfonamides is 1. The van der Waals surface area contributed by atoms with E-state index in [4.69, 9.17) is 11.6 Å². The molecule has 2 aliphatic rings. The van der Waals surface area contributed by atoms with E-state index >= 15 is 0 Å². The van der Waals surface area contributed by atoms with Crippen LogP contribution in [0.5, 0.6) is 0 Å². The lowest BCUT2D eigenvalue weighted by Crippen LogP contribution is -2.48. The second-order valence-corrected chi connectivity index (χ2v) is 9.17. The van der Waals surface area contributed by atoms with E-state index in [-0.39, 0.29) is 30.4 Å². The van der Waals surface area contributed by atoms with Crippen LogP contribution in [0.4, 0.5) is 4.39 Å². The number of nitrogens with zero attached hydrogens (tertiary/aromatic N) is 3. The van der Waals surface area contributed by atoms with Crippen molar-refractivity contribution in [3.8, 4) is 0 Å². The highest BCUT2D eigenvalue weighted by Crippen LogP contribution is 2.21. The third-order valence-corrected chi connectivity index (χ3v) is 7.26. The van der Waals surface area contributed by atoms with Gasteiger partial charge in [-0.25, -0.2) is 17.1 Å². The summed E-state index contributed by atoms with van der Waals surface area (Å²) in [5.74, 6) is -0.170. The SMILES string of the molecule is O=C(CCN1CCCS1(=O)=O)N1CCN(Cc2c(F)cccc2Cl)CC1. The lowest BCUT2D eigenvalue weighted by atomic mass is 10.1. The molecular formula is C17H23ClFN3O3S. The van der Waals surface area contributed by atoms with Crippen molar-refractivity contribution in [2.45, 2.75) is 19.4 Å². The number of benzene rings is 1. The third-order valence-electron chi connectivity index (χ3n) is 4.95. The first-order valence-electron chi connectivity index (χ1n) is 8.77. The Morgan fingerprint density at radius 2 is 1.88 bits per heavy atom. The summed E-state index contributed by atoms with van der Waals surface area (Å²) in [6.45, 7) is 3.56. The molecular weight excluding hydrogens is 381 g/mol. The molecule has 0 N–H and O–H groups in total. The molecule has 0 aromatic heterocycles. The Bertz CT molecular complexity index is 746. The summed E-state index contributed by atoms with van der Waals surface area (Å²) in [6, 6.07) is 4.65. The molecule has 144 valence electrons. The van der Waals surface area contributed by atoms with Crippen LogP contribution < -0.4 is 0 Å². The third kappa shape index (κ3) is 4.54. The van der Waals surface area contributed by atoms with Gasteiger partial charge in [0.1, 0.15) is 5.82 Å². The van der Waals surface area contributed by atoms with Gasteiger partial charge in [-0.2, -0.15) is 0 Å². The predicted octanol–water partition coefficient (Wildman–Crippen LogP) is 1.55. The van der Waals surface area contributed by atoms with E-state index in [2.05, 4.69) is 4.90 Å². The van der Waals surface area contributed by atoms with Crippen molar-refractivity contribution in [2.24, 2.45) is 0 Å². The van der Waals surface area contributed by atoms with E-state index in [1.54, 1.807) is 17.0 Å². The first kappa shape index (κ1) is 19.5. The van der Waals surface area contributed by atoms with Gasteiger partial charge in [0, 0.05) is 62.8 Å². The molecule has 6 nitrogen and oxygen atoms in total. The molecule has 2 saturated heterocycles. The van der Waals surface area contributed by atoms with Crippen molar-refractivity contribution < 1.29 is 17.6 Å². The highest BCUT2D eigenvalue weighted by molar-refractivity contribution is 7.89. The first-order valence-corrected chi connectivity index (χ1v) is 10.8. The summed E-state index contributed by atoms with van der Waals surface area (Å²) in [5, 5.41) is 0.412. The van der Waals surface area contributed by atoms with Crippen molar-refractivity contribution in [2.75, 3.05) is 45.0 Å². The van der Waals surface area contributed by atoms with Gasteiger partial charge >= 0.3 is 0 Å². The maximum absolute atomic E-state index is 13.9. The average molecular weight is 404 g/mol. The molecule has 9 heteroatoms. The molecule has 0 aliphatic carbocycles. The van der Waals surface area contributed by atoms with Crippen LogP contribution in [0.15, 0.2) is 18.2 Å². The monoisotopic (exact) mass is 403 g/mol. The van der Waals surface area contributed by atoms with Crippen molar-refractivity contribution in [1.29, 1.82) is 0 Å². The zero-order valence-electron chi connectivity index (χ0n) is 14.5. The number of hydrogen-bond donors (Lipinski definition) is 0. The second-order valence-electron chi connectivity index (χ2n) is 6.68. The molecule has 0 radical (unpaired) electrons. The summed E-state index contributed by atoms with van der Waals surface area (Å²) >= 11 is 6.07. The van der Waals surface area contributed by atoms with Gasteiger partial charge < -0.3 is 4.90 Å². The lowest BCUT2D eigenvalue weighted by molar-refractivity contribution is -0.133. The number of rotatable bonds is 5. The molecule has 0 atom stereocenters. The van der Waals surface area contributed by atoms with Gasteiger partial charge in [0.15, 0.2) is 0 Å². The molecule has 0 saturated carbocycles. The van der Waals surface area contributed by atoms with Gasteiger partial charge in [-0.05, 0) is 18.6 Å². The Kier molecular flexibility index (Phi) is 6.17. The Hall–Kier alpha value is -1.22. The number of halogens is 2. The van der Waals surface area contributed by atoms with E-state index in [1.807, 2.05) is 0 Å². The number of hydrogen-bond acceptors (Lipinski definition) is 4. The van der Waals surface area contributed by atoms with Crippen LogP contribution in [-0.2, 0) is 21.4 Å². The summed E-state index contributed by atoms with van der Waals surface area (Å²) < 4.78 is 38.8. The summed E-state index contributed by atoms with van der Waals surface area (Å²) in [6.07, 6.45) is 0.839. The van der Waals surface area contributed by atoms with Crippen LogP contribution >= 0.6 is 11.6 Å². The van der Waals surface area contributed by atoms with Crippen molar-refractivity contribution in [3.63, 3.8) is 0 Å². The molecule has 0 unspecified atom stereocenters. The largest absolute Gasteiger partial charge is 0.340 e. The van der Waals surface area contributed by atoms with E-state index in [0.717, 1.165) is 0 Å². The van der Waals surface area contributed by atoms with Crippen molar-refractivity contribution in [1.82, 2.24) is 14.1 Å². The number of carbonyl (C=O) groups excluding carboxylic acids is 1. The fourth-order valence-corrected chi connectivity index (χ4v) is 5.13. The van der Waals surface area contributed by atoms with Gasteiger partial charge in [0.05, 0.1) is 5.75 Å². The summed E-state index contributed by atoms with van der Waals surface area (Å²) in [7, 11) is -3.16. The minimum absolute atomic E-state index is 0.0318. The first-order chi connectivity index (χ1) is 12.4. The molecule has 0 bridgehead atoms. The smallest absolute Gasteiger partial charge is 0.223 e. The zero-order valence-corrected chi connectivity index (χ0v) is 16.1. The van der Waals surface area contributed by atoms with Gasteiger partial charge in [-0.15, -0.1) is 0 Å². The molecule has 26 heavy (non-hydrogen) atoms. The standard InChI is InChI=1S/C17H23ClFN3O3S/c18-15-3-1-4-16(19)14(15)13-20-8-10-21(11-9-20)17(23)5-7-22-6-2-12-26(22,24)25/h1,3-4H,2,5-13H2. The number of carbonyl (C=O) groups is 1. The molecule has 3 rings (SSSR count). The summed E-state index contributed by atoms with van der Waals surface area (Å²) in [5.41, 5.74) is 0.480. The van der Waals surface area contributed by atoms with Gasteiger partial charge in [0.2, 0.25) is 15.9 Å². The molecule has 1 aromatic carbocycles. The normalized spacial score (nSPS) is 21.2. The van der Waals surface area contributed by atoms with Gasteiger partial charge in [0.25, 0.3) is 0 Å². The summed E-state index contributed by atoms with van der Waals surface area (Å²) in [4.78, 5) is 16.2. The van der Waals surface area contributed by atoms with Crippen LogP contribution in [0.25, 0.3) is 0 Å². The Morgan fingerprint density at radius 1 is 1.15 bits per heavy atom. The highest BCUT2D eigenvalue weighted by Gasteiger charge is 2.29. The maximum atomic E-state index is 13.9. The van der Waals surface area contributed by atoms with Gasteiger partial charge in [-0.1, -0.05) is 17.7 Å². The van der Waals surface area contributed by atoms with Crippen molar-refractivity contribution in [3.05, 3.63) is 34.6 Å². The molecule has 1 amide bonds. The average Bonchev–Trinajstić information content (AvgIpc) is 2.95. The quantitative estimate of drug-likeness (QED) is 0.748. The van der Waals surface area contributed by atoms with Crippen LogP contribution in [0.3, 0.4) is 0 Å². The molecule has 2 heterocycles. The number of amides is 1. The number of piperazine rings is 1. The zero-order chi connectivity index (χ0) is 18.7. The van der Waals surface area contributed by atoms with Gasteiger partial charge in [-0.3, -0.25) is 9.69 Å². The van der Waals surface area contributed by atoms with E-state index in [0.29, 0.717) is 56.3 Å².